The molecule has 18 heavy (non-hydrogen) atoms. The Bertz CT molecular complexity index is 401. The minimum Gasteiger partial charge on any atom is -0.395 e. The first-order valence-corrected chi connectivity index (χ1v) is 6.21. The maximum atomic E-state index is 12.0. The van der Waals surface area contributed by atoms with Gasteiger partial charge in [-0.05, 0) is 26.7 Å². The summed E-state index contributed by atoms with van der Waals surface area (Å²) < 4.78 is 6.58. The van der Waals surface area contributed by atoms with E-state index in [4.69, 9.17) is 10.5 Å². The van der Waals surface area contributed by atoms with Crippen molar-refractivity contribution in [3.8, 4) is 0 Å². The molecule has 1 aromatic rings. The van der Waals surface area contributed by atoms with Gasteiger partial charge in [-0.2, -0.15) is 5.10 Å². The average molecular weight is 254 g/mol. The molecule has 0 atom stereocenters. The summed E-state index contributed by atoms with van der Waals surface area (Å²) in [4.78, 5) is 12.0. The van der Waals surface area contributed by atoms with E-state index in [1.54, 1.807) is 18.7 Å². The zero-order valence-electron chi connectivity index (χ0n) is 11.3. The molecule has 0 saturated heterocycles. The Morgan fingerprint density at radius 1 is 1.50 bits per heavy atom. The molecule has 6 heteroatoms. The van der Waals surface area contributed by atoms with E-state index in [2.05, 4.69) is 10.4 Å². The molecule has 0 aliphatic rings. The Kier molecular flexibility index (Phi) is 5.64. The molecular formula is C12H22N4O2. The number of nitrogens with zero attached hydrogens (tertiary/aromatic N) is 2. The summed E-state index contributed by atoms with van der Waals surface area (Å²) in [6.45, 7) is 5.70. The quantitative estimate of drug-likeness (QED) is 0.710. The Hall–Kier alpha value is -1.56. The van der Waals surface area contributed by atoms with Gasteiger partial charge in [-0.15, -0.1) is 0 Å². The number of rotatable bonds is 7. The van der Waals surface area contributed by atoms with E-state index in [0.717, 1.165) is 12.8 Å². The van der Waals surface area contributed by atoms with Crippen molar-refractivity contribution in [1.29, 1.82) is 0 Å². The monoisotopic (exact) mass is 254 g/mol. The highest BCUT2D eigenvalue weighted by Crippen LogP contribution is 2.15. The number of methoxy groups -OCH3 is 1. The van der Waals surface area contributed by atoms with Gasteiger partial charge in [0.1, 0.15) is 5.69 Å². The van der Waals surface area contributed by atoms with Crippen LogP contribution >= 0.6 is 0 Å². The summed E-state index contributed by atoms with van der Waals surface area (Å²) in [5, 5.41) is 7.07. The molecule has 0 saturated carbocycles. The minimum atomic E-state index is -0.160. The molecule has 0 unspecified atom stereocenters. The molecule has 3 N–H and O–H groups in total. The number of carbonyl (C=O) groups is 1. The third-order valence-electron chi connectivity index (χ3n) is 2.75. The molecule has 1 heterocycles. The van der Waals surface area contributed by atoms with Crippen LogP contribution in [0.1, 0.15) is 35.9 Å². The summed E-state index contributed by atoms with van der Waals surface area (Å²) in [5.74, 6) is -0.160. The first-order valence-electron chi connectivity index (χ1n) is 6.21. The first kappa shape index (κ1) is 14.5. The lowest BCUT2D eigenvalue weighted by Gasteiger charge is -2.07. The largest absolute Gasteiger partial charge is 0.395 e. The van der Waals surface area contributed by atoms with Gasteiger partial charge in [-0.1, -0.05) is 0 Å². The second kappa shape index (κ2) is 7.00. The lowest BCUT2D eigenvalue weighted by molar-refractivity contribution is 0.0941. The molecule has 0 aliphatic carbocycles. The SMILES string of the molecule is CCn1nc(C)c(N)c1C(=O)NCCCCOC. The number of nitrogens with two attached hydrogens (primary N) is 1. The molecule has 0 bridgehead atoms. The lowest BCUT2D eigenvalue weighted by Crippen LogP contribution is -2.28. The van der Waals surface area contributed by atoms with Crippen LogP contribution in [0.3, 0.4) is 0 Å². The average Bonchev–Trinajstić information content (AvgIpc) is 2.65. The van der Waals surface area contributed by atoms with E-state index >= 15 is 0 Å². The summed E-state index contributed by atoms with van der Waals surface area (Å²) in [6, 6.07) is 0. The second-order valence-corrected chi connectivity index (χ2v) is 4.12. The molecule has 1 rings (SSSR count). The number of hydrogen-bond acceptors (Lipinski definition) is 4. The van der Waals surface area contributed by atoms with Crippen molar-refractivity contribution in [2.24, 2.45) is 0 Å². The number of amides is 1. The Labute approximate surface area is 107 Å². The molecule has 0 aromatic carbocycles. The number of ether oxygens (including phenoxy) is 1. The summed E-state index contributed by atoms with van der Waals surface area (Å²) in [5.41, 5.74) is 7.49. The molecule has 6 nitrogen and oxygen atoms in total. The van der Waals surface area contributed by atoms with Crippen LogP contribution in [-0.4, -0.2) is 35.9 Å². The topological polar surface area (TPSA) is 82.2 Å². The van der Waals surface area contributed by atoms with Gasteiger partial charge in [-0.25, -0.2) is 0 Å². The number of hydrogen-bond donors (Lipinski definition) is 2. The van der Waals surface area contributed by atoms with Crippen LogP contribution in [0.4, 0.5) is 5.69 Å². The van der Waals surface area contributed by atoms with Gasteiger partial charge in [0.15, 0.2) is 0 Å². The van der Waals surface area contributed by atoms with Crippen LogP contribution in [0.5, 0.6) is 0 Å². The van der Waals surface area contributed by atoms with Crippen molar-refractivity contribution in [1.82, 2.24) is 15.1 Å². The van der Waals surface area contributed by atoms with Crippen molar-refractivity contribution >= 4 is 11.6 Å². The predicted molar refractivity (Wildman–Crippen MR) is 70.5 cm³/mol. The maximum absolute atomic E-state index is 12.0. The number of unbranched alkanes of at least 4 members (excludes halogenated alkanes) is 1. The molecule has 0 fully saturated rings. The summed E-state index contributed by atoms with van der Waals surface area (Å²) in [6.07, 6.45) is 1.82. The molecule has 0 spiro atoms. The van der Waals surface area contributed by atoms with Crippen molar-refractivity contribution in [2.75, 3.05) is 26.0 Å². The van der Waals surface area contributed by atoms with Gasteiger partial charge in [0.25, 0.3) is 5.91 Å². The number of aryl methyl sites for hydroxylation is 2. The second-order valence-electron chi connectivity index (χ2n) is 4.12. The number of anilines is 1. The van der Waals surface area contributed by atoms with Crippen LogP contribution in [-0.2, 0) is 11.3 Å². The van der Waals surface area contributed by atoms with E-state index in [1.807, 2.05) is 6.92 Å². The van der Waals surface area contributed by atoms with Crippen LogP contribution < -0.4 is 11.1 Å². The zero-order chi connectivity index (χ0) is 13.5. The molecule has 1 amide bonds. The number of aromatic nitrogens is 2. The van der Waals surface area contributed by atoms with Gasteiger partial charge in [-0.3, -0.25) is 9.48 Å². The molecule has 102 valence electrons. The normalized spacial score (nSPS) is 10.6. The van der Waals surface area contributed by atoms with Gasteiger partial charge in [0, 0.05) is 26.8 Å². The highest BCUT2D eigenvalue weighted by molar-refractivity contribution is 5.97. The van der Waals surface area contributed by atoms with E-state index in [0.29, 0.717) is 36.8 Å². The zero-order valence-corrected chi connectivity index (χ0v) is 11.3. The van der Waals surface area contributed by atoms with Crippen molar-refractivity contribution in [3.05, 3.63) is 11.4 Å². The Balaban J connectivity index is 2.56. The fourth-order valence-electron chi connectivity index (χ4n) is 1.72. The third-order valence-corrected chi connectivity index (χ3v) is 2.75. The van der Waals surface area contributed by atoms with Gasteiger partial charge < -0.3 is 15.8 Å². The van der Waals surface area contributed by atoms with E-state index in [9.17, 15) is 4.79 Å². The van der Waals surface area contributed by atoms with Crippen LogP contribution in [0.25, 0.3) is 0 Å². The van der Waals surface area contributed by atoms with Gasteiger partial charge in [0.05, 0.1) is 11.4 Å². The summed E-state index contributed by atoms with van der Waals surface area (Å²) >= 11 is 0. The molecular weight excluding hydrogens is 232 g/mol. The highest BCUT2D eigenvalue weighted by atomic mass is 16.5. The maximum Gasteiger partial charge on any atom is 0.271 e. The first-order chi connectivity index (χ1) is 8.61. The highest BCUT2D eigenvalue weighted by Gasteiger charge is 2.18. The Morgan fingerprint density at radius 3 is 2.83 bits per heavy atom. The molecule has 0 radical (unpaired) electrons. The molecule has 0 aliphatic heterocycles. The van der Waals surface area contributed by atoms with Crippen molar-refractivity contribution < 1.29 is 9.53 Å². The summed E-state index contributed by atoms with van der Waals surface area (Å²) in [7, 11) is 1.67. The van der Waals surface area contributed by atoms with E-state index in [1.165, 1.54) is 0 Å². The number of nitrogen functional groups attached to an aromatic ring is 1. The lowest BCUT2D eigenvalue weighted by atomic mass is 10.2. The van der Waals surface area contributed by atoms with Crippen molar-refractivity contribution in [3.63, 3.8) is 0 Å². The number of nitrogens with one attached hydrogen (secondary N) is 1. The van der Waals surface area contributed by atoms with Crippen LogP contribution in [0.2, 0.25) is 0 Å². The molecule has 1 aromatic heterocycles. The van der Waals surface area contributed by atoms with Crippen LogP contribution in [0, 0.1) is 6.92 Å². The van der Waals surface area contributed by atoms with Crippen LogP contribution in [0.15, 0.2) is 0 Å². The minimum absolute atomic E-state index is 0.160. The van der Waals surface area contributed by atoms with Crippen molar-refractivity contribution in [2.45, 2.75) is 33.2 Å². The van der Waals surface area contributed by atoms with Gasteiger partial charge >= 0.3 is 0 Å². The standard InChI is InChI=1S/C12H22N4O2/c1-4-16-11(10(13)9(2)15-16)12(17)14-7-5-6-8-18-3/h4-8,13H2,1-3H3,(H,14,17). The Morgan fingerprint density at radius 2 is 2.22 bits per heavy atom. The fourth-order valence-corrected chi connectivity index (χ4v) is 1.72. The van der Waals surface area contributed by atoms with E-state index in [-0.39, 0.29) is 5.91 Å². The van der Waals surface area contributed by atoms with E-state index < -0.39 is 0 Å². The number of carbonyl (C=O) groups excluding carboxylic acids is 1. The smallest absolute Gasteiger partial charge is 0.271 e. The third kappa shape index (κ3) is 3.46. The van der Waals surface area contributed by atoms with Gasteiger partial charge in [0.2, 0.25) is 0 Å². The predicted octanol–water partition coefficient (Wildman–Crippen LogP) is 0.950. The fraction of sp³-hybridized carbons (Fsp3) is 0.667.